The topological polar surface area (TPSA) is 135 Å². The minimum atomic E-state index is -3.09. The third kappa shape index (κ3) is 4.62. The Morgan fingerprint density at radius 2 is 2.19 bits per heavy atom. The normalized spacial score (nSPS) is 11.5. The van der Waals surface area contributed by atoms with Gasteiger partial charge >= 0.3 is 0 Å². The summed E-state index contributed by atoms with van der Waals surface area (Å²) in [5.41, 5.74) is 1.62. The molecule has 3 rings (SSSR count). The van der Waals surface area contributed by atoms with Crippen LogP contribution in [0.4, 0.5) is 11.6 Å². The number of hydrogen-bond donors (Lipinski definition) is 4. The lowest BCUT2D eigenvalue weighted by Crippen LogP contribution is -2.27. The SMILES string of the molecule is CS(=O)(=O)CCNc1nc2nccc(C(=N)N(O)c3cccc(Br)c3)c2[nH]1. The Labute approximate surface area is 164 Å². The van der Waals surface area contributed by atoms with Crippen LogP contribution in [0.2, 0.25) is 0 Å². The van der Waals surface area contributed by atoms with Crippen molar-refractivity contribution in [3.63, 3.8) is 0 Å². The number of rotatable bonds is 6. The molecule has 0 spiro atoms. The van der Waals surface area contributed by atoms with Gasteiger partial charge in [0.15, 0.2) is 11.5 Å². The van der Waals surface area contributed by atoms with Crippen molar-refractivity contribution in [3.8, 4) is 0 Å². The lowest BCUT2D eigenvalue weighted by atomic mass is 10.2. The highest BCUT2D eigenvalue weighted by molar-refractivity contribution is 9.10. The van der Waals surface area contributed by atoms with Crippen LogP contribution < -0.4 is 10.4 Å². The second-order valence-corrected chi connectivity index (χ2v) is 9.01. The van der Waals surface area contributed by atoms with Gasteiger partial charge in [0.05, 0.1) is 17.0 Å². The monoisotopic (exact) mass is 452 g/mol. The molecule has 11 heteroatoms. The minimum Gasteiger partial charge on any atom is -0.355 e. The molecule has 0 saturated heterocycles. The second-order valence-electron chi connectivity index (χ2n) is 5.84. The Morgan fingerprint density at radius 1 is 1.41 bits per heavy atom. The molecular weight excluding hydrogens is 436 g/mol. The number of nitrogens with zero attached hydrogens (tertiary/aromatic N) is 3. The van der Waals surface area contributed by atoms with Gasteiger partial charge in [0.1, 0.15) is 9.84 Å². The van der Waals surface area contributed by atoms with Gasteiger partial charge in [-0.2, -0.15) is 4.98 Å². The average Bonchev–Trinajstić information content (AvgIpc) is 3.02. The van der Waals surface area contributed by atoms with Gasteiger partial charge in [0.25, 0.3) is 0 Å². The summed E-state index contributed by atoms with van der Waals surface area (Å²) in [5, 5.41) is 22.4. The van der Waals surface area contributed by atoms with E-state index in [1.807, 2.05) is 6.07 Å². The highest BCUT2D eigenvalue weighted by atomic mass is 79.9. The molecule has 9 nitrogen and oxygen atoms in total. The second kappa shape index (κ2) is 7.62. The van der Waals surface area contributed by atoms with Crippen LogP contribution in [0, 0.1) is 5.41 Å². The number of anilines is 2. The number of nitrogens with one attached hydrogen (secondary N) is 3. The van der Waals surface area contributed by atoms with Crippen LogP contribution in [-0.4, -0.2) is 53.0 Å². The van der Waals surface area contributed by atoms with Crippen molar-refractivity contribution in [2.75, 3.05) is 28.9 Å². The molecule has 3 aromatic rings. The number of aromatic amines is 1. The van der Waals surface area contributed by atoms with Crippen molar-refractivity contribution in [1.82, 2.24) is 15.0 Å². The van der Waals surface area contributed by atoms with Gasteiger partial charge in [-0.05, 0) is 24.3 Å². The fourth-order valence-corrected chi connectivity index (χ4v) is 3.26. The molecular formula is C16H17BrN6O3S. The van der Waals surface area contributed by atoms with Crippen LogP contribution >= 0.6 is 15.9 Å². The molecule has 0 bridgehead atoms. The zero-order valence-corrected chi connectivity index (χ0v) is 16.7. The predicted octanol–water partition coefficient (Wildman–Crippen LogP) is 2.40. The van der Waals surface area contributed by atoms with Crippen molar-refractivity contribution in [2.24, 2.45) is 0 Å². The number of hydrogen-bond acceptors (Lipinski definition) is 7. The summed E-state index contributed by atoms with van der Waals surface area (Å²) in [6.45, 7) is 0.190. The fourth-order valence-electron chi connectivity index (χ4n) is 2.40. The van der Waals surface area contributed by atoms with Crippen LogP contribution in [-0.2, 0) is 9.84 Å². The molecule has 0 radical (unpaired) electrons. The third-order valence-electron chi connectivity index (χ3n) is 3.68. The molecule has 2 heterocycles. The standard InChI is InChI=1S/C16H17BrN6O3S/c1-27(25,26)8-7-20-16-21-13-12(5-6-19-15(13)22-16)14(18)23(24)11-4-2-3-10(17)9-11/h2-6,9,18,24H,7-8H2,1H3,(H2,19,20,21,22). The summed E-state index contributed by atoms with van der Waals surface area (Å²) in [6, 6.07) is 8.50. The lowest BCUT2D eigenvalue weighted by Gasteiger charge is -2.18. The summed E-state index contributed by atoms with van der Waals surface area (Å²) < 4.78 is 23.2. The first-order chi connectivity index (χ1) is 12.7. The van der Waals surface area contributed by atoms with Gasteiger partial charge in [0, 0.05) is 29.0 Å². The summed E-state index contributed by atoms with van der Waals surface area (Å²) >= 11 is 3.33. The highest BCUT2D eigenvalue weighted by Gasteiger charge is 2.17. The molecule has 4 N–H and O–H groups in total. The van der Waals surface area contributed by atoms with E-state index in [9.17, 15) is 13.6 Å². The molecule has 0 aliphatic carbocycles. The fraction of sp³-hybridized carbons (Fsp3) is 0.188. The van der Waals surface area contributed by atoms with Crippen LogP contribution in [0.3, 0.4) is 0 Å². The maximum atomic E-state index is 11.2. The van der Waals surface area contributed by atoms with E-state index >= 15 is 0 Å². The maximum Gasteiger partial charge on any atom is 0.202 e. The molecule has 0 aliphatic heterocycles. The number of aromatic nitrogens is 3. The van der Waals surface area contributed by atoms with Crippen LogP contribution in [0.15, 0.2) is 41.0 Å². The van der Waals surface area contributed by atoms with Crippen molar-refractivity contribution < 1.29 is 13.6 Å². The zero-order valence-electron chi connectivity index (χ0n) is 14.3. The lowest BCUT2D eigenvalue weighted by molar-refractivity contribution is 0.312. The van der Waals surface area contributed by atoms with Crippen LogP contribution in [0.5, 0.6) is 0 Å². The third-order valence-corrected chi connectivity index (χ3v) is 5.12. The molecule has 0 saturated carbocycles. The predicted molar refractivity (Wildman–Crippen MR) is 107 cm³/mol. The van der Waals surface area contributed by atoms with E-state index in [2.05, 4.69) is 36.2 Å². The molecule has 0 unspecified atom stereocenters. The summed E-state index contributed by atoms with van der Waals surface area (Å²) in [4.78, 5) is 11.4. The van der Waals surface area contributed by atoms with E-state index in [-0.39, 0.29) is 18.1 Å². The Bertz CT molecular complexity index is 1100. The first-order valence-electron chi connectivity index (χ1n) is 7.84. The first kappa shape index (κ1) is 19.3. The first-order valence-corrected chi connectivity index (χ1v) is 10.7. The average molecular weight is 453 g/mol. The summed E-state index contributed by atoms with van der Waals surface area (Å²) in [7, 11) is -3.09. The van der Waals surface area contributed by atoms with Gasteiger partial charge in [-0.25, -0.2) is 18.5 Å². The van der Waals surface area contributed by atoms with Gasteiger partial charge in [-0.1, -0.05) is 22.0 Å². The minimum absolute atomic E-state index is 0.0343. The van der Waals surface area contributed by atoms with Crippen LogP contribution in [0.25, 0.3) is 11.2 Å². The van der Waals surface area contributed by atoms with E-state index in [0.717, 1.165) is 15.8 Å². The van der Waals surface area contributed by atoms with Crippen LogP contribution in [0.1, 0.15) is 5.56 Å². The molecule has 27 heavy (non-hydrogen) atoms. The largest absolute Gasteiger partial charge is 0.355 e. The van der Waals surface area contributed by atoms with Gasteiger partial charge in [-0.3, -0.25) is 10.6 Å². The molecule has 2 aromatic heterocycles. The van der Waals surface area contributed by atoms with E-state index < -0.39 is 9.84 Å². The number of sulfone groups is 1. The van der Waals surface area contributed by atoms with Crippen molar-refractivity contribution in [3.05, 3.63) is 46.6 Å². The molecule has 0 fully saturated rings. The number of halogens is 1. The molecule has 0 aliphatic rings. The number of imidazole rings is 1. The zero-order chi connectivity index (χ0) is 19.6. The number of pyridine rings is 1. The van der Waals surface area contributed by atoms with E-state index in [4.69, 9.17) is 5.41 Å². The van der Waals surface area contributed by atoms with Gasteiger partial charge < -0.3 is 10.3 Å². The van der Waals surface area contributed by atoms with E-state index in [0.29, 0.717) is 28.4 Å². The number of hydroxylamine groups is 1. The molecule has 142 valence electrons. The van der Waals surface area contributed by atoms with Gasteiger partial charge in [-0.15, -0.1) is 0 Å². The quantitative estimate of drug-likeness (QED) is 0.256. The van der Waals surface area contributed by atoms with Crippen molar-refractivity contribution >= 4 is 54.4 Å². The van der Waals surface area contributed by atoms with E-state index in [1.54, 1.807) is 24.3 Å². The Morgan fingerprint density at radius 3 is 2.89 bits per heavy atom. The molecule has 1 aromatic carbocycles. The Balaban J connectivity index is 1.87. The Kier molecular flexibility index (Phi) is 5.44. The summed E-state index contributed by atoms with van der Waals surface area (Å²) in [5.74, 6) is 0.146. The highest BCUT2D eigenvalue weighted by Crippen LogP contribution is 2.23. The Hall–Kier alpha value is -2.50. The van der Waals surface area contributed by atoms with Crippen molar-refractivity contribution in [1.29, 1.82) is 5.41 Å². The van der Waals surface area contributed by atoms with Gasteiger partial charge in [0.2, 0.25) is 5.95 Å². The number of benzene rings is 1. The van der Waals surface area contributed by atoms with Crippen molar-refractivity contribution in [2.45, 2.75) is 0 Å². The number of amidine groups is 1. The van der Waals surface area contributed by atoms with E-state index in [1.165, 1.54) is 6.20 Å². The number of fused-ring (bicyclic) bond motifs is 1. The number of H-pyrrole nitrogens is 1. The summed E-state index contributed by atoms with van der Waals surface area (Å²) in [6.07, 6.45) is 2.65. The maximum absolute atomic E-state index is 11.2. The smallest absolute Gasteiger partial charge is 0.202 e. The molecule has 0 amide bonds. The molecule has 0 atom stereocenters.